The van der Waals surface area contributed by atoms with E-state index in [1.54, 1.807) is 12.0 Å². The minimum atomic E-state index is -0.520. The van der Waals surface area contributed by atoms with Crippen LogP contribution in [0.25, 0.3) is 10.2 Å². The van der Waals surface area contributed by atoms with Gasteiger partial charge < -0.3 is 14.4 Å². The van der Waals surface area contributed by atoms with Gasteiger partial charge in [0.1, 0.15) is 22.7 Å². The first-order valence-electron chi connectivity index (χ1n) is 11.2. The number of nitrogens with zero attached hydrogens (tertiary/aromatic N) is 2. The highest BCUT2D eigenvalue weighted by Crippen LogP contribution is 2.41. The zero-order chi connectivity index (χ0) is 24.5. The number of nitrogens with one attached hydrogen (secondary N) is 1. The van der Waals surface area contributed by atoms with E-state index in [1.807, 2.05) is 32.9 Å². The molecule has 0 unspecified atom stereocenters. The van der Waals surface area contributed by atoms with Crippen LogP contribution >= 0.6 is 11.3 Å². The average molecular weight is 486 g/mol. The first-order chi connectivity index (χ1) is 16.1. The molecule has 2 amide bonds. The molecule has 7 nitrogen and oxygen atoms in total. The number of hydrogen-bond donors (Lipinski definition) is 1. The van der Waals surface area contributed by atoms with E-state index in [0.717, 1.165) is 23.1 Å². The van der Waals surface area contributed by atoms with E-state index < -0.39 is 11.4 Å². The summed E-state index contributed by atoms with van der Waals surface area (Å²) < 4.78 is 25.1. The number of carbonyl (C=O) groups is 2. The predicted molar refractivity (Wildman–Crippen MR) is 130 cm³/mol. The van der Waals surface area contributed by atoms with Crippen LogP contribution < -0.4 is 10.1 Å². The van der Waals surface area contributed by atoms with E-state index in [-0.39, 0.29) is 17.9 Å². The van der Waals surface area contributed by atoms with Crippen LogP contribution in [0.5, 0.6) is 5.75 Å². The largest absolute Gasteiger partial charge is 0.494 e. The lowest BCUT2D eigenvalue weighted by Crippen LogP contribution is -2.41. The molecule has 1 aromatic heterocycles. The summed E-state index contributed by atoms with van der Waals surface area (Å²) >= 11 is 1.39. The Morgan fingerprint density at radius 3 is 2.41 bits per heavy atom. The van der Waals surface area contributed by atoms with Crippen molar-refractivity contribution in [3.8, 4) is 5.75 Å². The summed E-state index contributed by atoms with van der Waals surface area (Å²) in [6.45, 7) is 6.81. The Morgan fingerprint density at radius 1 is 1.12 bits per heavy atom. The van der Waals surface area contributed by atoms with Gasteiger partial charge in [-0.1, -0.05) is 17.4 Å². The lowest BCUT2D eigenvalue weighted by molar-refractivity contribution is 0.0205. The van der Waals surface area contributed by atoms with Gasteiger partial charge in [0.2, 0.25) is 0 Å². The summed E-state index contributed by atoms with van der Waals surface area (Å²) in [5.41, 5.74) is 1.64. The molecule has 1 saturated heterocycles. The molecule has 0 atom stereocenters. The van der Waals surface area contributed by atoms with Crippen molar-refractivity contribution in [1.82, 2.24) is 9.88 Å². The van der Waals surface area contributed by atoms with E-state index in [9.17, 15) is 14.0 Å². The molecule has 0 bridgehead atoms. The number of benzene rings is 2. The molecule has 180 valence electrons. The normalized spacial score (nSPS) is 14.8. The number of anilines is 1. The van der Waals surface area contributed by atoms with E-state index in [1.165, 1.54) is 35.6 Å². The first-order valence-corrected chi connectivity index (χ1v) is 12.0. The molecule has 0 radical (unpaired) electrons. The number of fused-ring (bicyclic) bond motifs is 1. The molecule has 1 aliphatic heterocycles. The van der Waals surface area contributed by atoms with E-state index >= 15 is 0 Å². The van der Waals surface area contributed by atoms with Crippen LogP contribution in [-0.2, 0) is 4.74 Å². The Hall–Kier alpha value is -3.20. The monoisotopic (exact) mass is 485 g/mol. The highest BCUT2D eigenvalue weighted by Gasteiger charge is 2.29. The number of halogens is 1. The number of rotatable bonds is 4. The maximum absolute atomic E-state index is 13.2. The van der Waals surface area contributed by atoms with Crippen molar-refractivity contribution in [1.29, 1.82) is 0 Å². The molecule has 0 saturated carbocycles. The summed E-state index contributed by atoms with van der Waals surface area (Å²) in [7, 11) is 1.59. The molecule has 0 aliphatic carbocycles. The predicted octanol–water partition coefficient (Wildman–Crippen LogP) is 5.81. The molecule has 9 heteroatoms. The highest BCUT2D eigenvalue weighted by atomic mass is 32.1. The quantitative estimate of drug-likeness (QED) is 0.504. The van der Waals surface area contributed by atoms with E-state index in [0.29, 0.717) is 35.1 Å². The number of ether oxygens (including phenoxy) is 2. The number of aromatic nitrogens is 1. The van der Waals surface area contributed by atoms with Gasteiger partial charge in [0.05, 0.1) is 11.8 Å². The first kappa shape index (κ1) is 23.9. The van der Waals surface area contributed by atoms with Crippen LogP contribution in [0, 0.1) is 5.82 Å². The van der Waals surface area contributed by atoms with Crippen molar-refractivity contribution < 1.29 is 23.5 Å². The third-order valence-electron chi connectivity index (χ3n) is 5.67. The van der Waals surface area contributed by atoms with Crippen LogP contribution in [0.4, 0.5) is 14.3 Å². The number of likely N-dealkylation sites (tertiary alicyclic amines) is 1. The SMILES string of the molecule is COc1ccc(C2CCN(C(=O)OC(C)(C)C)CC2)c2sc(NC(=O)c3ccc(F)cc3)nc12. The second-order valence-corrected chi connectivity index (χ2v) is 10.3. The number of hydrogen-bond acceptors (Lipinski definition) is 6. The van der Waals surface area contributed by atoms with Crippen LogP contribution in [0.15, 0.2) is 36.4 Å². The maximum atomic E-state index is 13.2. The Labute approximate surface area is 201 Å². The van der Waals surface area contributed by atoms with Crippen molar-refractivity contribution in [3.63, 3.8) is 0 Å². The van der Waals surface area contributed by atoms with E-state index in [4.69, 9.17) is 9.47 Å². The summed E-state index contributed by atoms with van der Waals surface area (Å²) in [6.07, 6.45) is 1.32. The molecule has 2 heterocycles. The highest BCUT2D eigenvalue weighted by molar-refractivity contribution is 7.22. The lowest BCUT2D eigenvalue weighted by Gasteiger charge is -2.33. The van der Waals surface area contributed by atoms with Gasteiger partial charge in [-0.2, -0.15) is 0 Å². The summed E-state index contributed by atoms with van der Waals surface area (Å²) in [5, 5.41) is 3.26. The smallest absolute Gasteiger partial charge is 0.410 e. The summed E-state index contributed by atoms with van der Waals surface area (Å²) in [5.74, 6) is 0.116. The minimum absolute atomic E-state index is 0.244. The Kier molecular flexibility index (Phi) is 6.74. The zero-order valence-electron chi connectivity index (χ0n) is 19.7. The van der Waals surface area contributed by atoms with Crippen LogP contribution in [0.3, 0.4) is 0 Å². The van der Waals surface area contributed by atoms with Crippen molar-refractivity contribution in [2.24, 2.45) is 0 Å². The fraction of sp³-hybridized carbons (Fsp3) is 0.400. The Balaban J connectivity index is 1.54. The van der Waals surface area contributed by atoms with Crippen LogP contribution in [0.2, 0.25) is 0 Å². The summed E-state index contributed by atoms with van der Waals surface area (Å²) in [4.78, 5) is 31.4. The fourth-order valence-corrected chi connectivity index (χ4v) is 5.08. The standard InChI is InChI=1S/C25H28FN3O4S/c1-25(2,3)33-24(31)29-13-11-15(12-14-29)18-9-10-19(32-4)20-21(18)34-23(27-20)28-22(30)16-5-7-17(26)8-6-16/h5-10,15H,11-14H2,1-4H3,(H,27,28,30). The minimum Gasteiger partial charge on any atom is -0.494 e. The lowest BCUT2D eigenvalue weighted by atomic mass is 9.89. The van der Waals surface area contributed by atoms with Gasteiger partial charge in [-0.05, 0) is 75.4 Å². The molecule has 4 rings (SSSR count). The molecule has 1 N–H and O–H groups in total. The van der Waals surface area contributed by atoms with Gasteiger partial charge in [0, 0.05) is 18.7 Å². The molecule has 2 aromatic carbocycles. The maximum Gasteiger partial charge on any atom is 0.410 e. The molecule has 3 aromatic rings. The third-order valence-corrected chi connectivity index (χ3v) is 6.69. The number of methoxy groups -OCH3 is 1. The van der Waals surface area contributed by atoms with Gasteiger partial charge in [-0.3, -0.25) is 10.1 Å². The van der Waals surface area contributed by atoms with Gasteiger partial charge in [-0.15, -0.1) is 0 Å². The zero-order valence-corrected chi connectivity index (χ0v) is 20.5. The van der Waals surface area contributed by atoms with Gasteiger partial charge >= 0.3 is 6.09 Å². The number of piperidine rings is 1. The van der Waals surface area contributed by atoms with Crippen LogP contribution in [-0.4, -0.2) is 47.7 Å². The second kappa shape index (κ2) is 9.58. The fourth-order valence-electron chi connectivity index (χ4n) is 4.01. The molecular weight excluding hydrogens is 457 g/mol. The summed E-state index contributed by atoms with van der Waals surface area (Å²) in [6, 6.07) is 9.29. The Bertz CT molecular complexity index is 1200. The molecule has 34 heavy (non-hydrogen) atoms. The van der Waals surface area contributed by atoms with Crippen molar-refractivity contribution in [2.45, 2.75) is 45.1 Å². The molecular formula is C25H28FN3O4S. The van der Waals surface area contributed by atoms with Crippen LogP contribution in [0.1, 0.15) is 55.5 Å². The number of thiazole rings is 1. The number of amides is 2. The third kappa shape index (κ3) is 5.30. The molecule has 0 spiro atoms. The van der Waals surface area contributed by atoms with Gasteiger partial charge in [0.15, 0.2) is 5.13 Å². The number of carbonyl (C=O) groups excluding carboxylic acids is 2. The topological polar surface area (TPSA) is 80.8 Å². The molecule has 1 aliphatic rings. The van der Waals surface area contributed by atoms with Gasteiger partial charge in [0.25, 0.3) is 5.91 Å². The second-order valence-electron chi connectivity index (χ2n) is 9.26. The average Bonchev–Trinajstić information content (AvgIpc) is 3.21. The Morgan fingerprint density at radius 2 is 1.79 bits per heavy atom. The van der Waals surface area contributed by atoms with Crippen molar-refractivity contribution in [2.75, 3.05) is 25.5 Å². The van der Waals surface area contributed by atoms with Crippen molar-refractivity contribution >= 4 is 38.7 Å². The molecule has 1 fully saturated rings. The van der Waals surface area contributed by atoms with E-state index in [2.05, 4.69) is 10.3 Å². The van der Waals surface area contributed by atoms with Gasteiger partial charge in [-0.25, -0.2) is 14.2 Å². The van der Waals surface area contributed by atoms with Crippen molar-refractivity contribution in [3.05, 3.63) is 53.3 Å².